The molecule has 2 rings (SSSR count). The number of benzene rings is 2. The zero-order valence-corrected chi connectivity index (χ0v) is 11.4. The fourth-order valence-corrected chi connectivity index (χ4v) is 2.11. The summed E-state index contributed by atoms with van der Waals surface area (Å²) in [5.74, 6) is -0.149. The molecule has 0 spiro atoms. The molecule has 0 saturated carbocycles. The van der Waals surface area contributed by atoms with Gasteiger partial charge < -0.3 is 10.6 Å². The summed E-state index contributed by atoms with van der Waals surface area (Å²) in [5, 5.41) is 0. The van der Waals surface area contributed by atoms with Crippen LogP contribution in [0, 0.1) is 12.7 Å². The minimum atomic E-state index is -0.149. The summed E-state index contributed by atoms with van der Waals surface area (Å²) in [5.41, 5.74) is 9.58. The first-order valence-corrected chi connectivity index (χ1v) is 6.38. The molecule has 2 N–H and O–H groups in total. The summed E-state index contributed by atoms with van der Waals surface area (Å²) in [4.78, 5) is 2.12. The Balaban J connectivity index is 2.02. The van der Waals surface area contributed by atoms with Gasteiger partial charge in [0.05, 0.1) is 11.4 Å². The smallest absolute Gasteiger partial charge is 0.126 e. The van der Waals surface area contributed by atoms with Crippen molar-refractivity contribution >= 4 is 11.4 Å². The van der Waals surface area contributed by atoms with Gasteiger partial charge in [-0.3, -0.25) is 0 Å². The quantitative estimate of drug-likeness (QED) is 0.852. The monoisotopic (exact) mass is 258 g/mol. The SMILES string of the molecule is Cc1cc(CCN(C)c2ccccc2N)ccc1F. The molecular formula is C16H19FN2. The van der Waals surface area contributed by atoms with Gasteiger partial charge >= 0.3 is 0 Å². The molecule has 0 aromatic heterocycles. The van der Waals surface area contributed by atoms with Gasteiger partial charge in [0.2, 0.25) is 0 Å². The Labute approximate surface area is 113 Å². The van der Waals surface area contributed by atoms with Gasteiger partial charge in [-0.15, -0.1) is 0 Å². The molecule has 0 aliphatic rings. The zero-order chi connectivity index (χ0) is 13.8. The van der Waals surface area contributed by atoms with E-state index in [1.807, 2.05) is 43.4 Å². The Morgan fingerprint density at radius 2 is 1.89 bits per heavy atom. The van der Waals surface area contributed by atoms with Gasteiger partial charge in [0.25, 0.3) is 0 Å². The molecule has 0 heterocycles. The van der Waals surface area contributed by atoms with E-state index >= 15 is 0 Å². The lowest BCUT2D eigenvalue weighted by Gasteiger charge is -2.21. The van der Waals surface area contributed by atoms with Gasteiger partial charge in [0, 0.05) is 13.6 Å². The number of halogens is 1. The van der Waals surface area contributed by atoms with E-state index in [0.717, 1.165) is 29.9 Å². The van der Waals surface area contributed by atoms with E-state index < -0.39 is 0 Å². The van der Waals surface area contributed by atoms with Gasteiger partial charge in [-0.25, -0.2) is 4.39 Å². The number of hydrogen-bond donors (Lipinski definition) is 1. The highest BCUT2D eigenvalue weighted by Crippen LogP contribution is 2.21. The number of rotatable bonds is 4. The molecule has 0 saturated heterocycles. The lowest BCUT2D eigenvalue weighted by atomic mass is 10.1. The molecule has 0 unspecified atom stereocenters. The maximum Gasteiger partial charge on any atom is 0.126 e. The van der Waals surface area contributed by atoms with Crippen LogP contribution in [0.15, 0.2) is 42.5 Å². The Hall–Kier alpha value is -2.03. The average Bonchev–Trinajstić information content (AvgIpc) is 2.40. The number of hydrogen-bond acceptors (Lipinski definition) is 2. The molecule has 0 aliphatic heterocycles. The highest BCUT2D eigenvalue weighted by atomic mass is 19.1. The lowest BCUT2D eigenvalue weighted by molar-refractivity contribution is 0.617. The van der Waals surface area contributed by atoms with Crippen LogP contribution in [0.3, 0.4) is 0 Å². The van der Waals surface area contributed by atoms with Crippen LogP contribution in [-0.4, -0.2) is 13.6 Å². The number of nitrogen functional groups attached to an aromatic ring is 1. The number of nitrogens with two attached hydrogens (primary N) is 1. The van der Waals surface area contributed by atoms with E-state index in [2.05, 4.69) is 4.90 Å². The molecule has 100 valence electrons. The van der Waals surface area contributed by atoms with Crippen molar-refractivity contribution in [2.45, 2.75) is 13.3 Å². The third-order valence-corrected chi connectivity index (χ3v) is 3.31. The summed E-state index contributed by atoms with van der Waals surface area (Å²) in [7, 11) is 2.02. The fraction of sp³-hybridized carbons (Fsp3) is 0.250. The Morgan fingerprint density at radius 1 is 1.16 bits per heavy atom. The highest BCUT2D eigenvalue weighted by Gasteiger charge is 2.05. The molecule has 2 aromatic rings. The van der Waals surface area contributed by atoms with Crippen LogP contribution in [0.1, 0.15) is 11.1 Å². The zero-order valence-electron chi connectivity index (χ0n) is 11.4. The standard InChI is InChI=1S/C16H19FN2/c1-12-11-13(7-8-14(12)17)9-10-19(2)16-6-4-3-5-15(16)18/h3-8,11H,9-10,18H2,1-2H3. The lowest BCUT2D eigenvalue weighted by Crippen LogP contribution is -2.21. The molecule has 0 amide bonds. The van der Waals surface area contributed by atoms with E-state index in [9.17, 15) is 4.39 Å². The number of likely N-dealkylation sites (N-methyl/N-ethyl adjacent to an activating group) is 1. The normalized spacial score (nSPS) is 10.5. The topological polar surface area (TPSA) is 29.3 Å². The van der Waals surface area contributed by atoms with Gasteiger partial charge in [-0.2, -0.15) is 0 Å². The summed E-state index contributed by atoms with van der Waals surface area (Å²) < 4.78 is 13.2. The summed E-state index contributed by atoms with van der Waals surface area (Å²) in [6, 6.07) is 13.1. The first-order chi connectivity index (χ1) is 9.08. The van der Waals surface area contributed by atoms with Crippen molar-refractivity contribution in [3.8, 4) is 0 Å². The number of anilines is 2. The molecule has 0 atom stereocenters. The highest BCUT2D eigenvalue weighted by molar-refractivity contribution is 5.66. The number of para-hydroxylation sites is 2. The maximum absolute atomic E-state index is 13.2. The second-order valence-electron chi connectivity index (χ2n) is 4.81. The van der Waals surface area contributed by atoms with Crippen LogP contribution in [-0.2, 0) is 6.42 Å². The van der Waals surface area contributed by atoms with E-state index in [4.69, 9.17) is 5.73 Å². The van der Waals surface area contributed by atoms with E-state index in [1.54, 1.807) is 6.92 Å². The second-order valence-corrected chi connectivity index (χ2v) is 4.81. The summed E-state index contributed by atoms with van der Waals surface area (Å²) in [6.45, 7) is 2.64. The predicted molar refractivity (Wildman–Crippen MR) is 79.0 cm³/mol. The average molecular weight is 258 g/mol. The molecule has 2 aromatic carbocycles. The number of nitrogens with zero attached hydrogens (tertiary/aromatic N) is 1. The molecule has 0 aliphatic carbocycles. The first-order valence-electron chi connectivity index (χ1n) is 6.38. The van der Waals surface area contributed by atoms with Crippen LogP contribution in [0.4, 0.5) is 15.8 Å². The molecule has 19 heavy (non-hydrogen) atoms. The molecule has 0 bridgehead atoms. The van der Waals surface area contributed by atoms with E-state index in [-0.39, 0.29) is 5.82 Å². The van der Waals surface area contributed by atoms with Crippen molar-refractivity contribution in [1.82, 2.24) is 0 Å². The Kier molecular flexibility index (Phi) is 4.05. The number of aryl methyl sites for hydroxylation is 1. The molecule has 2 nitrogen and oxygen atoms in total. The minimum absolute atomic E-state index is 0.149. The van der Waals surface area contributed by atoms with E-state index in [0.29, 0.717) is 5.56 Å². The third kappa shape index (κ3) is 3.25. The first kappa shape index (κ1) is 13.4. The van der Waals surface area contributed by atoms with Crippen molar-refractivity contribution in [2.75, 3.05) is 24.2 Å². The van der Waals surface area contributed by atoms with Crippen LogP contribution >= 0.6 is 0 Å². The van der Waals surface area contributed by atoms with Crippen molar-refractivity contribution < 1.29 is 4.39 Å². The van der Waals surface area contributed by atoms with Crippen molar-refractivity contribution in [3.05, 3.63) is 59.4 Å². The Bertz CT molecular complexity index is 566. The largest absolute Gasteiger partial charge is 0.397 e. The third-order valence-electron chi connectivity index (χ3n) is 3.31. The molecular weight excluding hydrogens is 239 g/mol. The van der Waals surface area contributed by atoms with Crippen LogP contribution in [0.2, 0.25) is 0 Å². The maximum atomic E-state index is 13.2. The molecule has 0 radical (unpaired) electrons. The van der Waals surface area contributed by atoms with Crippen LogP contribution in [0.25, 0.3) is 0 Å². The van der Waals surface area contributed by atoms with Gasteiger partial charge in [-0.1, -0.05) is 24.3 Å². The van der Waals surface area contributed by atoms with Crippen LogP contribution in [0.5, 0.6) is 0 Å². The summed E-state index contributed by atoms with van der Waals surface area (Å²) >= 11 is 0. The van der Waals surface area contributed by atoms with Gasteiger partial charge in [0.1, 0.15) is 5.82 Å². The van der Waals surface area contributed by atoms with Crippen molar-refractivity contribution in [2.24, 2.45) is 0 Å². The van der Waals surface area contributed by atoms with Gasteiger partial charge in [0.15, 0.2) is 0 Å². The predicted octanol–water partition coefficient (Wildman–Crippen LogP) is 3.40. The van der Waals surface area contributed by atoms with Crippen molar-refractivity contribution in [3.63, 3.8) is 0 Å². The molecule has 3 heteroatoms. The van der Waals surface area contributed by atoms with Crippen molar-refractivity contribution in [1.29, 1.82) is 0 Å². The minimum Gasteiger partial charge on any atom is -0.397 e. The Morgan fingerprint density at radius 3 is 2.58 bits per heavy atom. The van der Waals surface area contributed by atoms with Gasteiger partial charge in [-0.05, 0) is 42.7 Å². The second kappa shape index (κ2) is 5.74. The van der Waals surface area contributed by atoms with Crippen LogP contribution < -0.4 is 10.6 Å². The molecule has 0 fully saturated rings. The fourth-order valence-electron chi connectivity index (χ4n) is 2.11. The van der Waals surface area contributed by atoms with E-state index in [1.165, 1.54) is 6.07 Å². The summed E-state index contributed by atoms with van der Waals surface area (Å²) in [6.07, 6.45) is 0.867.